The molecule has 2 atom stereocenters. The molecular formula is C17H21FN2O. The number of hydrogen-bond donors (Lipinski definition) is 1. The van der Waals surface area contributed by atoms with Crippen molar-refractivity contribution in [1.82, 2.24) is 4.90 Å². The summed E-state index contributed by atoms with van der Waals surface area (Å²) in [6, 6.07) is 4.79. The number of likely N-dealkylation sites (tertiary alicyclic amines) is 1. The van der Waals surface area contributed by atoms with Crippen LogP contribution in [0.25, 0.3) is 0 Å². The molecule has 0 aromatic heterocycles. The van der Waals surface area contributed by atoms with Gasteiger partial charge in [0.15, 0.2) is 0 Å². The number of carbonyl (C=O) groups is 1. The van der Waals surface area contributed by atoms with Crippen LogP contribution in [0.5, 0.6) is 0 Å². The highest BCUT2D eigenvalue weighted by Gasteiger charge is 2.30. The molecule has 1 aromatic carbocycles. The van der Waals surface area contributed by atoms with Crippen molar-refractivity contribution in [3.8, 4) is 11.8 Å². The highest BCUT2D eigenvalue weighted by Crippen LogP contribution is 2.25. The topological polar surface area (TPSA) is 46.3 Å². The summed E-state index contributed by atoms with van der Waals surface area (Å²) in [5.74, 6) is 4.69. The predicted octanol–water partition coefficient (Wildman–Crippen LogP) is 2.54. The lowest BCUT2D eigenvalue weighted by molar-refractivity contribution is 0.0506. The van der Waals surface area contributed by atoms with Gasteiger partial charge in [0.1, 0.15) is 5.82 Å². The lowest BCUT2D eigenvalue weighted by Gasteiger charge is -2.39. The maximum atomic E-state index is 14.2. The van der Waals surface area contributed by atoms with Gasteiger partial charge in [-0.3, -0.25) is 4.79 Å². The normalized spacial score (nSPS) is 21.6. The zero-order valence-electron chi connectivity index (χ0n) is 12.5. The molecule has 2 N–H and O–H groups in total. The van der Waals surface area contributed by atoms with E-state index in [1.807, 2.05) is 13.8 Å². The molecule has 0 bridgehead atoms. The molecule has 3 nitrogen and oxygen atoms in total. The van der Waals surface area contributed by atoms with E-state index >= 15 is 0 Å². The number of piperidine rings is 1. The second-order valence-corrected chi connectivity index (χ2v) is 5.54. The Balaban J connectivity index is 2.26. The Labute approximate surface area is 125 Å². The molecule has 0 radical (unpaired) electrons. The molecule has 1 saturated heterocycles. The van der Waals surface area contributed by atoms with Crippen molar-refractivity contribution >= 4 is 5.91 Å². The standard InChI is InChI=1S/C17H21FN2O/c1-12-5-3-6-13(2)20(12)17(21)15-9-8-14(7-4-10-19)11-16(15)18/h8-9,11-13H,3,5-6,10,19H2,1-2H3. The number of halogens is 1. The summed E-state index contributed by atoms with van der Waals surface area (Å²) in [5, 5.41) is 0. The molecule has 1 aliphatic heterocycles. The Bertz CT molecular complexity index is 578. The fourth-order valence-corrected chi connectivity index (χ4v) is 2.88. The van der Waals surface area contributed by atoms with Crippen LogP contribution in [0.4, 0.5) is 4.39 Å². The van der Waals surface area contributed by atoms with Crippen LogP contribution in [-0.4, -0.2) is 29.4 Å². The first-order valence-electron chi connectivity index (χ1n) is 7.35. The van der Waals surface area contributed by atoms with Crippen LogP contribution in [0, 0.1) is 17.7 Å². The predicted molar refractivity (Wildman–Crippen MR) is 81.3 cm³/mol. The Kier molecular flexibility index (Phi) is 4.98. The third-order valence-corrected chi connectivity index (χ3v) is 3.96. The van der Waals surface area contributed by atoms with Crippen molar-refractivity contribution in [3.63, 3.8) is 0 Å². The first kappa shape index (κ1) is 15.5. The van der Waals surface area contributed by atoms with Gasteiger partial charge in [-0.1, -0.05) is 11.8 Å². The molecule has 0 saturated carbocycles. The molecule has 112 valence electrons. The summed E-state index contributed by atoms with van der Waals surface area (Å²) in [7, 11) is 0. The molecule has 21 heavy (non-hydrogen) atoms. The molecule has 1 fully saturated rings. The van der Waals surface area contributed by atoms with Crippen LogP contribution in [0.3, 0.4) is 0 Å². The zero-order chi connectivity index (χ0) is 15.4. The lowest BCUT2D eigenvalue weighted by atomic mass is 9.96. The number of carbonyl (C=O) groups excluding carboxylic acids is 1. The first-order valence-corrected chi connectivity index (χ1v) is 7.35. The van der Waals surface area contributed by atoms with Gasteiger partial charge in [0, 0.05) is 17.6 Å². The Morgan fingerprint density at radius 1 is 1.38 bits per heavy atom. The SMILES string of the molecule is CC1CCCC(C)N1C(=O)c1ccc(C#CCN)cc1F. The average Bonchev–Trinajstić information content (AvgIpc) is 2.44. The Hall–Kier alpha value is -1.86. The van der Waals surface area contributed by atoms with Crippen LogP contribution in [0.1, 0.15) is 49.0 Å². The van der Waals surface area contributed by atoms with Gasteiger partial charge < -0.3 is 10.6 Å². The summed E-state index contributed by atoms with van der Waals surface area (Å²) in [4.78, 5) is 14.4. The monoisotopic (exact) mass is 288 g/mol. The van der Waals surface area contributed by atoms with Crippen LogP contribution in [-0.2, 0) is 0 Å². The van der Waals surface area contributed by atoms with Gasteiger partial charge in [0.2, 0.25) is 0 Å². The molecule has 1 heterocycles. The Morgan fingerprint density at radius 2 is 2.05 bits per heavy atom. The molecule has 2 unspecified atom stereocenters. The number of hydrogen-bond acceptors (Lipinski definition) is 2. The third kappa shape index (κ3) is 3.43. The highest BCUT2D eigenvalue weighted by atomic mass is 19.1. The highest BCUT2D eigenvalue weighted by molar-refractivity contribution is 5.95. The smallest absolute Gasteiger partial charge is 0.257 e. The minimum absolute atomic E-state index is 0.119. The van der Waals surface area contributed by atoms with Gasteiger partial charge in [-0.2, -0.15) is 0 Å². The van der Waals surface area contributed by atoms with E-state index in [0.29, 0.717) is 5.56 Å². The van der Waals surface area contributed by atoms with Crippen molar-refractivity contribution < 1.29 is 9.18 Å². The van der Waals surface area contributed by atoms with Crippen molar-refractivity contribution in [2.24, 2.45) is 5.73 Å². The zero-order valence-corrected chi connectivity index (χ0v) is 12.5. The fraction of sp³-hybridized carbons (Fsp3) is 0.471. The summed E-state index contributed by atoms with van der Waals surface area (Å²) in [5.41, 5.74) is 5.95. The van der Waals surface area contributed by atoms with E-state index in [0.717, 1.165) is 19.3 Å². The third-order valence-electron chi connectivity index (χ3n) is 3.96. The van der Waals surface area contributed by atoms with Gasteiger partial charge in [0.05, 0.1) is 12.1 Å². The van der Waals surface area contributed by atoms with E-state index in [4.69, 9.17) is 5.73 Å². The van der Waals surface area contributed by atoms with Crippen LogP contribution < -0.4 is 5.73 Å². The lowest BCUT2D eigenvalue weighted by Crippen LogP contribution is -2.47. The van der Waals surface area contributed by atoms with Crippen LogP contribution >= 0.6 is 0 Å². The summed E-state index contributed by atoms with van der Waals surface area (Å²) < 4.78 is 14.2. The van der Waals surface area contributed by atoms with Crippen LogP contribution in [0.15, 0.2) is 18.2 Å². The average molecular weight is 288 g/mol. The summed E-state index contributed by atoms with van der Waals surface area (Å²) in [6.07, 6.45) is 3.05. The molecule has 0 spiro atoms. The second kappa shape index (κ2) is 6.73. The van der Waals surface area contributed by atoms with E-state index in [-0.39, 0.29) is 30.1 Å². The first-order chi connectivity index (χ1) is 10.0. The maximum absolute atomic E-state index is 14.2. The molecule has 4 heteroatoms. The number of nitrogens with zero attached hydrogens (tertiary/aromatic N) is 1. The summed E-state index contributed by atoms with van der Waals surface area (Å²) >= 11 is 0. The molecular weight excluding hydrogens is 267 g/mol. The molecule has 0 aliphatic carbocycles. The maximum Gasteiger partial charge on any atom is 0.257 e. The Morgan fingerprint density at radius 3 is 2.62 bits per heavy atom. The molecule has 2 rings (SSSR count). The van der Waals surface area contributed by atoms with Gasteiger partial charge in [-0.15, -0.1) is 0 Å². The van der Waals surface area contributed by atoms with Gasteiger partial charge in [0.25, 0.3) is 5.91 Å². The van der Waals surface area contributed by atoms with E-state index in [1.54, 1.807) is 11.0 Å². The van der Waals surface area contributed by atoms with Crippen molar-refractivity contribution in [2.45, 2.75) is 45.2 Å². The second-order valence-electron chi connectivity index (χ2n) is 5.54. The van der Waals surface area contributed by atoms with Crippen LogP contribution in [0.2, 0.25) is 0 Å². The van der Waals surface area contributed by atoms with Crippen molar-refractivity contribution in [2.75, 3.05) is 6.54 Å². The van der Waals surface area contributed by atoms with E-state index in [1.165, 1.54) is 12.1 Å². The minimum Gasteiger partial charge on any atom is -0.333 e. The summed E-state index contributed by atoms with van der Waals surface area (Å²) in [6.45, 7) is 4.27. The van der Waals surface area contributed by atoms with E-state index in [9.17, 15) is 9.18 Å². The van der Waals surface area contributed by atoms with Gasteiger partial charge in [-0.05, 0) is 51.3 Å². The van der Waals surface area contributed by atoms with Crippen molar-refractivity contribution in [1.29, 1.82) is 0 Å². The molecule has 1 aliphatic rings. The minimum atomic E-state index is -0.520. The number of nitrogens with two attached hydrogens (primary N) is 1. The van der Waals surface area contributed by atoms with Crippen molar-refractivity contribution in [3.05, 3.63) is 35.1 Å². The number of rotatable bonds is 1. The van der Waals surface area contributed by atoms with E-state index in [2.05, 4.69) is 11.8 Å². The largest absolute Gasteiger partial charge is 0.333 e. The number of benzene rings is 1. The van der Waals surface area contributed by atoms with Gasteiger partial charge in [-0.25, -0.2) is 4.39 Å². The molecule has 1 aromatic rings. The quantitative estimate of drug-likeness (QED) is 0.807. The molecule has 1 amide bonds. The van der Waals surface area contributed by atoms with Gasteiger partial charge >= 0.3 is 0 Å². The van der Waals surface area contributed by atoms with E-state index < -0.39 is 5.82 Å². The number of amides is 1. The fourth-order valence-electron chi connectivity index (χ4n) is 2.88.